The molecule has 1 unspecified atom stereocenters. The predicted octanol–water partition coefficient (Wildman–Crippen LogP) is 4.66. The summed E-state index contributed by atoms with van der Waals surface area (Å²) in [5, 5.41) is 1.13. The maximum Gasteiger partial charge on any atom is 0.157 e. The van der Waals surface area contributed by atoms with Crippen LogP contribution in [0.4, 0.5) is 0 Å². The topological polar surface area (TPSA) is 62.9 Å². The molecule has 0 radical (unpaired) electrons. The van der Waals surface area contributed by atoms with Gasteiger partial charge in [0.1, 0.15) is 11.6 Å². The molecule has 0 spiro atoms. The number of imidazole rings is 1. The number of nitrogens with zero attached hydrogens (tertiary/aromatic N) is 1. The number of nitrogens with one attached hydrogen (secondary N) is 2. The molecule has 5 heteroatoms. The molecule has 2 N–H and O–H groups in total. The Kier molecular flexibility index (Phi) is 3.56. The first-order valence-corrected chi connectivity index (χ1v) is 9.34. The molecule has 4 aromatic rings. The highest BCUT2D eigenvalue weighted by molar-refractivity contribution is 5.90. The lowest BCUT2D eigenvalue weighted by Crippen LogP contribution is -2.34. The zero-order chi connectivity index (χ0) is 18.6. The number of aromatic nitrogens is 3. The molecule has 0 aliphatic heterocycles. The molecule has 1 aliphatic carbocycles. The van der Waals surface area contributed by atoms with Gasteiger partial charge in [0, 0.05) is 29.8 Å². The van der Waals surface area contributed by atoms with Crippen molar-refractivity contribution in [3.05, 3.63) is 59.5 Å². The van der Waals surface area contributed by atoms with Gasteiger partial charge < -0.3 is 19.4 Å². The minimum Gasteiger partial charge on any atom is -0.496 e. The Morgan fingerprint density at radius 3 is 2.67 bits per heavy atom. The number of benzene rings is 2. The summed E-state index contributed by atoms with van der Waals surface area (Å²) in [4.78, 5) is 11.8. The number of aromatic amines is 2. The summed E-state index contributed by atoms with van der Waals surface area (Å²) < 4.78 is 12.2. The average Bonchev–Trinajstić information content (AvgIpc) is 3.25. The molecule has 2 heterocycles. The summed E-state index contributed by atoms with van der Waals surface area (Å²) in [5.41, 5.74) is 4.62. The summed E-state index contributed by atoms with van der Waals surface area (Å²) in [6.07, 6.45) is 4.19. The van der Waals surface area contributed by atoms with Crippen molar-refractivity contribution in [2.45, 2.75) is 25.4 Å². The predicted molar refractivity (Wildman–Crippen MR) is 106 cm³/mol. The van der Waals surface area contributed by atoms with Gasteiger partial charge in [-0.05, 0) is 55.5 Å². The Morgan fingerprint density at radius 1 is 1.15 bits per heavy atom. The number of hydrogen-bond donors (Lipinski definition) is 2. The van der Waals surface area contributed by atoms with Gasteiger partial charge in [-0.25, -0.2) is 4.98 Å². The molecule has 1 atom stereocenters. The molecule has 5 nitrogen and oxygen atoms in total. The number of H-pyrrole nitrogens is 2. The Hall–Kier alpha value is -2.79. The second kappa shape index (κ2) is 5.86. The van der Waals surface area contributed by atoms with E-state index in [9.17, 15) is 0 Å². The first-order chi connectivity index (χ1) is 13.2. The highest BCUT2D eigenvalue weighted by Crippen LogP contribution is 2.55. The fourth-order valence-electron chi connectivity index (χ4n) is 4.42. The van der Waals surface area contributed by atoms with Gasteiger partial charge in [-0.3, -0.25) is 0 Å². The SMILES string of the molecule is COc1cc(C)c2[nH]ccc2c1C(OC)(c1nc2ccccc2[nH]1)C1CC1. The fraction of sp³-hybridized carbons (Fsp3) is 0.318. The van der Waals surface area contributed by atoms with Crippen molar-refractivity contribution in [2.24, 2.45) is 5.92 Å². The van der Waals surface area contributed by atoms with Gasteiger partial charge in [0.15, 0.2) is 5.60 Å². The Bertz CT molecular complexity index is 1110. The van der Waals surface area contributed by atoms with Crippen molar-refractivity contribution < 1.29 is 9.47 Å². The van der Waals surface area contributed by atoms with Gasteiger partial charge in [-0.1, -0.05) is 12.1 Å². The summed E-state index contributed by atoms with van der Waals surface area (Å²) >= 11 is 0. The zero-order valence-electron chi connectivity index (χ0n) is 15.8. The van der Waals surface area contributed by atoms with Gasteiger partial charge in [0.05, 0.1) is 18.1 Å². The molecule has 1 saturated carbocycles. The van der Waals surface area contributed by atoms with E-state index in [-0.39, 0.29) is 0 Å². The van der Waals surface area contributed by atoms with E-state index in [1.807, 2.05) is 24.4 Å². The fourth-order valence-corrected chi connectivity index (χ4v) is 4.42. The second-order valence-corrected chi connectivity index (χ2v) is 7.35. The Labute approximate surface area is 157 Å². The number of aryl methyl sites for hydroxylation is 1. The van der Waals surface area contributed by atoms with Crippen molar-refractivity contribution in [3.8, 4) is 5.75 Å². The summed E-state index contributed by atoms with van der Waals surface area (Å²) in [7, 11) is 3.51. The molecule has 138 valence electrons. The number of hydrogen-bond acceptors (Lipinski definition) is 3. The van der Waals surface area contributed by atoms with E-state index < -0.39 is 5.60 Å². The smallest absolute Gasteiger partial charge is 0.157 e. The summed E-state index contributed by atoms with van der Waals surface area (Å²) in [5.74, 6) is 2.05. The molecular weight excluding hydrogens is 338 g/mol. The van der Waals surface area contributed by atoms with E-state index in [0.29, 0.717) is 5.92 Å². The van der Waals surface area contributed by atoms with E-state index in [1.54, 1.807) is 14.2 Å². The van der Waals surface area contributed by atoms with Crippen LogP contribution in [0, 0.1) is 12.8 Å². The van der Waals surface area contributed by atoms with Crippen LogP contribution >= 0.6 is 0 Å². The van der Waals surface area contributed by atoms with Gasteiger partial charge >= 0.3 is 0 Å². The highest BCUT2D eigenvalue weighted by Gasteiger charge is 2.53. The minimum atomic E-state index is -0.668. The van der Waals surface area contributed by atoms with Crippen LogP contribution in [0.15, 0.2) is 42.6 Å². The van der Waals surface area contributed by atoms with Crippen molar-refractivity contribution in [1.82, 2.24) is 15.0 Å². The largest absolute Gasteiger partial charge is 0.496 e. The normalized spacial score (nSPS) is 16.7. The number of para-hydroxylation sites is 2. The molecule has 1 fully saturated rings. The number of methoxy groups -OCH3 is 2. The van der Waals surface area contributed by atoms with Crippen molar-refractivity contribution in [1.29, 1.82) is 0 Å². The molecule has 27 heavy (non-hydrogen) atoms. The molecule has 2 aromatic heterocycles. The van der Waals surface area contributed by atoms with Crippen molar-refractivity contribution >= 4 is 21.9 Å². The average molecular weight is 361 g/mol. The summed E-state index contributed by atoms with van der Waals surface area (Å²) in [6.45, 7) is 2.10. The van der Waals surface area contributed by atoms with Crippen LogP contribution < -0.4 is 4.74 Å². The lowest BCUT2D eigenvalue weighted by Gasteiger charge is -2.33. The van der Waals surface area contributed by atoms with Crippen LogP contribution in [-0.2, 0) is 10.3 Å². The monoisotopic (exact) mass is 361 g/mol. The van der Waals surface area contributed by atoms with Gasteiger partial charge in [-0.2, -0.15) is 0 Å². The van der Waals surface area contributed by atoms with Gasteiger partial charge in [0.25, 0.3) is 0 Å². The Balaban J connectivity index is 1.87. The molecule has 1 aliphatic rings. The standard InChI is InChI=1S/C22H23N3O2/c1-13-12-18(26-2)19(15-10-11-23-20(13)15)22(27-3,14-8-9-14)21-24-16-6-4-5-7-17(16)25-21/h4-7,10-12,14,23H,8-9H2,1-3H3,(H,24,25). The summed E-state index contributed by atoms with van der Waals surface area (Å²) in [6, 6.07) is 12.3. The maximum atomic E-state index is 6.34. The molecule has 0 bridgehead atoms. The van der Waals surface area contributed by atoms with Gasteiger partial charge in [0.2, 0.25) is 0 Å². The van der Waals surface area contributed by atoms with Gasteiger partial charge in [-0.15, -0.1) is 0 Å². The molecular formula is C22H23N3O2. The van der Waals surface area contributed by atoms with Crippen LogP contribution in [-0.4, -0.2) is 29.2 Å². The lowest BCUT2D eigenvalue weighted by atomic mass is 9.84. The molecule has 0 saturated heterocycles. The van der Waals surface area contributed by atoms with Crippen LogP contribution in [0.3, 0.4) is 0 Å². The van der Waals surface area contributed by atoms with Crippen LogP contribution in [0.5, 0.6) is 5.75 Å². The van der Waals surface area contributed by atoms with E-state index in [2.05, 4.69) is 35.1 Å². The maximum absolute atomic E-state index is 6.34. The second-order valence-electron chi connectivity index (χ2n) is 7.35. The molecule has 0 amide bonds. The number of ether oxygens (including phenoxy) is 2. The third-order valence-electron chi connectivity index (χ3n) is 5.81. The minimum absolute atomic E-state index is 0.359. The lowest BCUT2D eigenvalue weighted by molar-refractivity contribution is -0.00486. The first-order valence-electron chi connectivity index (χ1n) is 9.34. The van der Waals surface area contributed by atoms with Crippen LogP contribution in [0.1, 0.15) is 29.8 Å². The molecule has 2 aromatic carbocycles. The molecule has 5 rings (SSSR count). The highest BCUT2D eigenvalue weighted by atomic mass is 16.5. The first kappa shape index (κ1) is 16.4. The van der Waals surface area contributed by atoms with E-state index >= 15 is 0 Å². The third kappa shape index (κ3) is 2.24. The van der Waals surface area contributed by atoms with Crippen molar-refractivity contribution in [2.75, 3.05) is 14.2 Å². The Morgan fingerprint density at radius 2 is 1.96 bits per heavy atom. The van der Waals surface area contributed by atoms with E-state index in [1.165, 1.54) is 0 Å². The van der Waals surface area contributed by atoms with E-state index in [4.69, 9.17) is 14.5 Å². The van der Waals surface area contributed by atoms with E-state index in [0.717, 1.165) is 57.5 Å². The number of rotatable bonds is 5. The van der Waals surface area contributed by atoms with Crippen LogP contribution in [0.25, 0.3) is 21.9 Å². The third-order valence-corrected chi connectivity index (χ3v) is 5.81. The van der Waals surface area contributed by atoms with Crippen molar-refractivity contribution in [3.63, 3.8) is 0 Å². The number of fused-ring (bicyclic) bond motifs is 2. The van der Waals surface area contributed by atoms with Crippen LogP contribution in [0.2, 0.25) is 0 Å². The quantitative estimate of drug-likeness (QED) is 0.543. The zero-order valence-corrected chi connectivity index (χ0v) is 15.8.